The Morgan fingerprint density at radius 1 is 1.11 bits per heavy atom. The van der Waals surface area contributed by atoms with Gasteiger partial charge in [0.25, 0.3) is 0 Å². The number of hydrogen-bond donors (Lipinski definition) is 1. The number of halogens is 1. The van der Waals surface area contributed by atoms with Crippen LogP contribution in [0, 0.1) is 0 Å². The summed E-state index contributed by atoms with van der Waals surface area (Å²) in [6, 6.07) is 7.21. The van der Waals surface area contributed by atoms with Crippen molar-refractivity contribution in [3.05, 3.63) is 47.5 Å². The molecular weight excluding hydrogens is 262 g/mol. The third-order valence-electron chi connectivity index (χ3n) is 3.12. The molecule has 1 saturated heterocycles. The largest absolute Gasteiger partial charge is 0.454 e. The lowest BCUT2D eigenvalue weighted by atomic mass is 10.1. The summed E-state index contributed by atoms with van der Waals surface area (Å²) < 4.78 is 5.65. The molecule has 1 aromatic heterocycles. The first-order valence-corrected chi connectivity index (χ1v) is 6.65. The van der Waals surface area contributed by atoms with Gasteiger partial charge in [-0.3, -0.25) is 0 Å². The van der Waals surface area contributed by atoms with E-state index in [-0.39, 0.29) is 0 Å². The van der Waals surface area contributed by atoms with Crippen LogP contribution < -0.4 is 10.1 Å². The molecule has 1 atom stereocenters. The van der Waals surface area contributed by atoms with Crippen molar-refractivity contribution in [1.82, 2.24) is 15.3 Å². The molecule has 1 aliphatic heterocycles. The smallest absolute Gasteiger partial charge is 0.164 e. The monoisotopic (exact) mass is 275 g/mol. The molecule has 0 amide bonds. The van der Waals surface area contributed by atoms with E-state index in [1.807, 2.05) is 12.1 Å². The van der Waals surface area contributed by atoms with Crippen molar-refractivity contribution >= 4 is 11.6 Å². The highest BCUT2D eigenvalue weighted by Crippen LogP contribution is 2.23. The second-order valence-corrected chi connectivity index (χ2v) is 4.96. The van der Waals surface area contributed by atoms with E-state index in [9.17, 15) is 0 Å². The summed E-state index contributed by atoms with van der Waals surface area (Å²) in [5.41, 5.74) is 0. The summed E-state index contributed by atoms with van der Waals surface area (Å²) in [5.74, 6) is 2.67. The molecule has 0 spiro atoms. The molecule has 98 valence electrons. The zero-order valence-corrected chi connectivity index (χ0v) is 11.1. The van der Waals surface area contributed by atoms with Crippen LogP contribution in [0.3, 0.4) is 0 Å². The van der Waals surface area contributed by atoms with Crippen molar-refractivity contribution in [2.24, 2.45) is 0 Å². The second kappa shape index (κ2) is 5.55. The first kappa shape index (κ1) is 12.4. The van der Waals surface area contributed by atoms with E-state index in [4.69, 9.17) is 16.3 Å². The van der Waals surface area contributed by atoms with Crippen molar-refractivity contribution in [1.29, 1.82) is 0 Å². The number of ether oxygens (including phenoxy) is 1. The fourth-order valence-corrected chi connectivity index (χ4v) is 2.23. The summed E-state index contributed by atoms with van der Waals surface area (Å²) in [4.78, 5) is 8.74. The first-order valence-electron chi connectivity index (χ1n) is 6.27. The van der Waals surface area contributed by atoms with Crippen LogP contribution in [0.25, 0.3) is 0 Å². The van der Waals surface area contributed by atoms with Gasteiger partial charge in [0.1, 0.15) is 11.6 Å². The molecule has 2 aromatic rings. The average molecular weight is 276 g/mol. The van der Waals surface area contributed by atoms with Crippen molar-refractivity contribution in [2.75, 3.05) is 13.1 Å². The highest BCUT2D eigenvalue weighted by atomic mass is 35.5. The molecule has 1 aromatic carbocycles. The Labute approximate surface area is 116 Å². The van der Waals surface area contributed by atoms with E-state index in [0.717, 1.165) is 31.1 Å². The van der Waals surface area contributed by atoms with Gasteiger partial charge in [-0.2, -0.15) is 0 Å². The molecule has 0 radical (unpaired) electrons. The van der Waals surface area contributed by atoms with Crippen molar-refractivity contribution < 1.29 is 4.74 Å². The minimum atomic E-state index is 0.421. The van der Waals surface area contributed by atoms with Crippen LogP contribution in [-0.4, -0.2) is 23.1 Å². The molecule has 1 fully saturated rings. The van der Waals surface area contributed by atoms with Crippen LogP contribution in [0.5, 0.6) is 11.5 Å². The summed E-state index contributed by atoms with van der Waals surface area (Å²) in [5, 5.41) is 3.99. The quantitative estimate of drug-likeness (QED) is 0.935. The van der Waals surface area contributed by atoms with Gasteiger partial charge < -0.3 is 10.1 Å². The molecule has 5 heteroatoms. The van der Waals surface area contributed by atoms with E-state index in [2.05, 4.69) is 15.3 Å². The van der Waals surface area contributed by atoms with Gasteiger partial charge in [0.15, 0.2) is 5.75 Å². The van der Waals surface area contributed by atoms with Crippen LogP contribution in [0.2, 0.25) is 5.02 Å². The Morgan fingerprint density at radius 2 is 1.84 bits per heavy atom. The summed E-state index contributed by atoms with van der Waals surface area (Å²) >= 11 is 5.82. The highest BCUT2D eigenvalue weighted by molar-refractivity contribution is 6.30. The fourth-order valence-electron chi connectivity index (χ4n) is 2.10. The Hall–Kier alpha value is -1.65. The molecule has 0 saturated carbocycles. The summed E-state index contributed by atoms with van der Waals surface area (Å²) in [7, 11) is 0. The first-order chi connectivity index (χ1) is 9.31. The van der Waals surface area contributed by atoms with E-state index in [1.54, 1.807) is 24.5 Å². The van der Waals surface area contributed by atoms with Gasteiger partial charge in [0, 0.05) is 17.5 Å². The van der Waals surface area contributed by atoms with Gasteiger partial charge >= 0.3 is 0 Å². The Bertz CT molecular complexity index is 536. The van der Waals surface area contributed by atoms with E-state index in [1.165, 1.54) is 0 Å². The minimum absolute atomic E-state index is 0.421. The number of hydrogen-bond acceptors (Lipinski definition) is 4. The zero-order chi connectivity index (χ0) is 13.1. The predicted molar refractivity (Wildman–Crippen MR) is 73.8 cm³/mol. The number of nitrogens with zero attached hydrogens (tertiary/aromatic N) is 2. The molecule has 4 nitrogen and oxygen atoms in total. The molecule has 0 bridgehead atoms. The summed E-state index contributed by atoms with van der Waals surface area (Å²) in [6.45, 7) is 1.99. The average Bonchev–Trinajstić information content (AvgIpc) is 2.96. The molecule has 1 aliphatic rings. The van der Waals surface area contributed by atoms with Gasteiger partial charge in [-0.15, -0.1) is 0 Å². The number of benzene rings is 1. The molecule has 19 heavy (non-hydrogen) atoms. The normalized spacial score (nSPS) is 18.5. The van der Waals surface area contributed by atoms with Gasteiger partial charge in [0.2, 0.25) is 0 Å². The molecule has 1 N–H and O–H groups in total. The maximum Gasteiger partial charge on any atom is 0.164 e. The van der Waals surface area contributed by atoms with Crippen LogP contribution in [0.15, 0.2) is 36.7 Å². The highest BCUT2D eigenvalue weighted by Gasteiger charge is 2.18. The summed E-state index contributed by atoms with van der Waals surface area (Å²) in [6.07, 6.45) is 4.53. The Balaban J connectivity index is 1.70. The third-order valence-corrected chi connectivity index (χ3v) is 3.37. The van der Waals surface area contributed by atoms with Crippen LogP contribution in [-0.2, 0) is 0 Å². The SMILES string of the molecule is Clc1ccc(Oc2cnc(C3CCNC3)nc2)cc1. The van der Waals surface area contributed by atoms with Crippen LogP contribution >= 0.6 is 11.6 Å². The van der Waals surface area contributed by atoms with Gasteiger partial charge in [-0.1, -0.05) is 11.6 Å². The van der Waals surface area contributed by atoms with Gasteiger partial charge in [0.05, 0.1) is 12.4 Å². The minimum Gasteiger partial charge on any atom is -0.454 e. The Morgan fingerprint density at radius 3 is 2.47 bits per heavy atom. The standard InChI is InChI=1S/C14H14ClN3O/c15-11-1-3-12(4-2-11)19-13-8-17-14(18-9-13)10-5-6-16-7-10/h1-4,8-10,16H,5-7H2. The van der Waals surface area contributed by atoms with Crippen molar-refractivity contribution in [3.63, 3.8) is 0 Å². The number of aromatic nitrogens is 2. The van der Waals surface area contributed by atoms with Gasteiger partial charge in [-0.05, 0) is 37.2 Å². The van der Waals surface area contributed by atoms with Crippen LogP contribution in [0.4, 0.5) is 0 Å². The number of nitrogens with one attached hydrogen (secondary N) is 1. The molecule has 0 aliphatic carbocycles. The topological polar surface area (TPSA) is 47.0 Å². The lowest BCUT2D eigenvalue weighted by Gasteiger charge is -2.08. The van der Waals surface area contributed by atoms with E-state index < -0.39 is 0 Å². The Kier molecular flexibility index (Phi) is 3.62. The van der Waals surface area contributed by atoms with Gasteiger partial charge in [-0.25, -0.2) is 9.97 Å². The van der Waals surface area contributed by atoms with Crippen molar-refractivity contribution in [2.45, 2.75) is 12.3 Å². The fraction of sp³-hybridized carbons (Fsp3) is 0.286. The molecular formula is C14H14ClN3O. The van der Waals surface area contributed by atoms with E-state index in [0.29, 0.717) is 16.7 Å². The second-order valence-electron chi connectivity index (χ2n) is 4.52. The zero-order valence-electron chi connectivity index (χ0n) is 10.3. The predicted octanol–water partition coefficient (Wildman–Crippen LogP) is 3.00. The maximum atomic E-state index is 5.82. The lowest BCUT2D eigenvalue weighted by Crippen LogP contribution is -2.10. The van der Waals surface area contributed by atoms with Crippen molar-refractivity contribution in [3.8, 4) is 11.5 Å². The molecule has 3 rings (SSSR count). The third kappa shape index (κ3) is 3.03. The van der Waals surface area contributed by atoms with E-state index >= 15 is 0 Å². The maximum absolute atomic E-state index is 5.82. The lowest BCUT2D eigenvalue weighted by molar-refractivity contribution is 0.475. The van der Waals surface area contributed by atoms with Crippen LogP contribution in [0.1, 0.15) is 18.2 Å². The molecule has 2 heterocycles. The molecule has 1 unspecified atom stereocenters. The number of rotatable bonds is 3.